The first-order chi connectivity index (χ1) is 16.5. The molecule has 0 saturated carbocycles. The Morgan fingerprint density at radius 3 is 2.54 bits per heavy atom. The molecule has 35 heavy (non-hydrogen) atoms. The van der Waals surface area contributed by atoms with Gasteiger partial charge in [0.05, 0.1) is 12.2 Å². The first-order valence-electron chi connectivity index (χ1n) is 11.2. The summed E-state index contributed by atoms with van der Waals surface area (Å²) in [5, 5.41) is 0.886. The van der Waals surface area contributed by atoms with Gasteiger partial charge < -0.3 is 20.2 Å². The van der Waals surface area contributed by atoms with Crippen molar-refractivity contribution in [3.8, 4) is 0 Å². The number of aryl methyl sites for hydroxylation is 2. The summed E-state index contributed by atoms with van der Waals surface area (Å²) < 4.78 is 11.5. The minimum Gasteiger partial charge on any atom is -0.452 e. The van der Waals surface area contributed by atoms with Gasteiger partial charge in [0.1, 0.15) is 5.82 Å². The van der Waals surface area contributed by atoms with Crippen molar-refractivity contribution in [2.24, 2.45) is 5.92 Å². The number of nitrogen functional groups attached to an aromatic ring is 1. The molecule has 2 heterocycles. The van der Waals surface area contributed by atoms with Crippen molar-refractivity contribution in [3.63, 3.8) is 0 Å². The van der Waals surface area contributed by atoms with Gasteiger partial charge in [0.2, 0.25) is 0 Å². The van der Waals surface area contributed by atoms with Crippen LogP contribution in [-0.2, 0) is 20.8 Å². The molecule has 0 aliphatic rings. The third-order valence-corrected chi connectivity index (χ3v) is 5.72. The summed E-state index contributed by atoms with van der Waals surface area (Å²) in [6.07, 6.45) is 0. The van der Waals surface area contributed by atoms with Crippen LogP contribution in [0.1, 0.15) is 35.5 Å². The van der Waals surface area contributed by atoms with Crippen LogP contribution in [-0.4, -0.2) is 53.3 Å². The molecule has 0 aliphatic heterocycles. The van der Waals surface area contributed by atoms with Crippen molar-refractivity contribution >= 4 is 34.3 Å². The fraction of sp³-hybridized carbons (Fsp3) is 0.417. The molecule has 0 fully saturated rings. The highest BCUT2D eigenvalue weighted by Gasteiger charge is 2.25. The summed E-state index contributed by atoms with van der Waals surface area (Å²) in [7, 11) is 1.44. The fourth-order valence-corrected chi connectivity index (χ4v) is 3.81. The Balaban J connectivity index is 1.86. The number of aromatic amines is 2. The SMILES string of the molecule is COCCN(C(=O)COC(=O)c1ccc2[nH]c(C)c(C)c2c1)c1c(N)n(CC(C)C)c(=O)[nH]c1=O. The van der Waals surface area contributed by atoms with Gasteiger partial charge in [-0.25, -0.2) is 9.59 Å². The monoisotopic (exact) mass is 485 g/mol. The molecule has 0 radical (unpaired) electrons. The van der Waals surface area contributed by atoms with Gasteiger partial charge in [-0.1, -0.05) is 13.8 Å². The Labute approximate surface area is 201 Å². The number of methoxy groups -OCH3 is 1. The summed E-state index contributed by atoms with van der Waals surface area (Å²) in [6.45, 7) is 7.33. The van der Waals surface area contributed by atoms with Gasteiger partial charge in [0.15, 0.2) is 12.3 Å². The van der Waals surface area contributed by atoms with E-state index in [9.17, 15) is 19.2 Å². The van der Waals surface area contributed by atoms with Crippen LogP contribution in [0.2, 0.25) is 0 Å². The Morgan fingerprint density at radius 2 is 1.89 bits per heavy atom. The number of carbonyl (C=O) groups is 2. The van der Waals surface area contributed by atoms with Gasteiger partial charge in [-0.3, -0.25) is 24.0 Å². The average molecular weight is 486 g/mol. The van der Waals surface area contributed by atoms with Crippen LogP contribution in [0.3, 0.4) is 0 Å². The van der Waals surface area contributed by atoms with E-state index >= 15 is 0 Å². The lowest BCUT2D eigenvalue weighted by Gasteiger charge is -2.24. The molecule has 3 aromatic rings. The van der Waals surface area contributed by atoms with E-state index in [1.54, 1.807) is 18.2 Å². The number of esters is 1. The number of fused-ring (bicyclic) bond motifs is 1. The zero-order valence-electron chi connectivity index (χ0n) is 20.6. The zero-order chi connectivity index (χ0) is 25.9. The molecule has 0 bridgehead atoms. The number of ether oxygens (including phenoxy) is 2. The Hall–Kier alpha value is -3.86. The molecular formula is C24H31N5O6. The maximum Gasteiger partial charge on any atom is 0.338 e. The highest BCUT2D eigenvalue weighted by molar-refractivity contribution is 6.00. The van der Waals surface area contributed by atoms with Crippen LogP contribution in [0.15, 0.2) is 27.8 Å². The molecule has 0 atom stereocenters. The number of rotatable bonds is 9. The summed E-state index contributed by atoms with van der Waals surface area (Å²) in [4.78, 5) is 57.2. The number of carbonyl (C=O) groups excluding carboxylic acids is 2. The fourth-order valence-electron chi connectivity index (χ4n) is 3.81. The van der Waals surface area contributed by atoms with E-state index < -0.39 is 29.7 Å². The predicted octanol–water partition coefficient (Wildman–Crippen LogP) is 1.71. The molecule has 188 valence electrons. The van der Waals surface area contributed by atoms with Crippen molar-refractivity contribution in [2.45, 2.75) is 34.2 Å². The Bertz CT molecular complexity index is 1370. The topological polar surface area (TPSA) is 153 Å². The second kappa shape index (κ2) is 10.6. The van der Waals surface area contributed by atoms with Crippen LogP contribution in [0.5, 0.6) is 0 Å². The van der Waals surface area contributed by atoms with E-state index in [0.29, 0.717) is 5.56 Å². The number of anilines is 2. The van der Waals surface area contributed by atoms with E-state index in [0.717, 1.165) is 27.1 Å². The van der Waals surface area contributed by atoms with Crippen molar-refractivity contribution in [2.75, 3.05) is 37.5 Å². The normalized spacial score (nSPS) is 11.3. The quantitative estimate of drug-likeness (QED) is 0.390. The molecule has 0 spiro atoms. The van der Waals surface area contributed by atoms with E-state index in [1.807, 2.05) is 27.7 Å². The second-order valence-corrected chi connectivity index (χ2v) is 8.75. The molecule has 1 aromatic carbocycles. The Kier molecular flexibility index (Phi) is 7.80. The summed E-state index contributed by atoms with van der Waals surface area (Å²) in [5.74, 6) is -1.46. The molecular weight excluding hydrogens is 454 g/mol. The zero-order valence-corrected chi connectivity index (χ0v) is 20.6. The largest absolute Gasteiger partial charge is 0.452 e. The van der Waals surface area contributed by atoms with Crippen molar-refractivity contribution < 1.29 is 19.1 Å². The highest BCUT2D eigenvalue weighted by atomic mass is 16.5. The number of H-pyrrole nitrogens is 2. The van der Waals surface area contributed by atoms with Crippen LogP contribution >= 0.6 is 0 Å². The number of benzene rings is 1. The molecule has 0 unspecified atom stereocenters. The maximum atomic E-state index is 13.1. The van der Waals surface area contributed by atoms with Crippen molar-refractivity contribution in [3.05, 3.63) is 55.9 Å². The number of aromatic nitrogens is 3. The van der Waals surface area contributed by atoms with Gasteiger partial charge in [0.25, 0.3) is 11.5 Å². The van der Waals surface area contributed by atoms with Gasteiger partial charge in [-0.15, -0.1) is 0 Å². The van der Waals surface area contributed by atoms with Crippen LogP contribution in [0, 0.1) is 19.8 Å². The molecule has 2 aromatic heterocycles. The lowest BCUT2D eigenvalue weighted by Crippen LogP contribution is -2.44. The Morgan fingerprint density at radius 1 is 1.17 bits per heavy atom. The van der Waals surface area contributed by atoms with Crippen LogP contribution < -0.4 is 21.9 Å². The smallest absolute Gasteiger partial charge is 0.338 e. The number of nitrogens with two attached hydrogens (primary N) is 1. The van der Waals surface area contributed by atoms with Crippen LogP contribution in [0.4, 0.5) is 11.5 Å². The average Bonchev–Trinajstić information content (AvgIpc) is 3.09. The first kappa shape index (κ1) is 25.8. The second-order valence-electron chi connectivity index (χ2n) is 8.75. The summed E-state index contributed by atoms with van der Waals surface area (Å²) >= 11 is 0. The van der Waals surface area contributed by atoms with Crippen LogP contribution in [0.25, 0.3) is 10.9 Å². The van der Waals surface area contributed by atoms with Gasteiger partial charge in [-0.2, -0.15) is 0 Å². The minimum absolute atomic E-state index is 0.0339. The predicted molar refractivity (Wildman–Crippen MR) is 133 cm³/mol. The van der Waals surface area contributed by atoms with E-state index in [1.165, 1.54) is 11.7 Å². The highest BCUT2D eigenvalue weighted by Crippen LogP contribution is 2.23. The molecule has 4 N–H and O–H groups in total. The number of hydrogen-bond acceptors (Lipinski definition) is 7. The molecule has 0 saturated heterocycles. The lowest BCUT2D eigenvalue weighted by atomic mass is 10.1. The molecule has 1 amide bonds. The van der Waals surface area contributed by atoms with E-state index in [-0.39, 0.29) is 37.1 Å². The molecule has 3 rings (SSSR count). The number of amides is 1. The number of hydrogen-bond donors (Lipinski definition) is 3. The van der Waals surface area contributed by atoms with Gasteiger partial charge >= 0.3 is 11.7 Å². The third kappa shape index (κ3) is 5.46. The number of nitrogens with one attached hydrogen (secondary N) is 2. The molecule has 11 heteroatoms. The van der Waals surface area contributed by atoms with E-state index in [4.69, 9.17) is 15.2 Å². The lowest BCUT2D eigenvalue weighted by molar-refractivity contribution is -0.121. The third-order valence-electron chi connectivity index (χ3n) is 5.72. The van der Waals surface area contributed by atoms with Crippen molar-refractivity contribution in [1.82, 2.24) is 14.5 Å². The van der Waals surface area contributed by atoms with Gasteiger partial charge in [-0.05, 0) is 43.5 Å². The standard InChI is InChI=1S/C24H31N5O6/c1-13(2)11-29-21(25)20(22(31)27-24(29)33)28(8-9-34-5)19(30)12-35-23(32)16-6-7-18-17(10-16)14(3)15(4)26-18/h6-7,10,13,26H,8-9,11-12,25H2,1-5H3,(H,27,31,33). The van der Waals surface area contributed by atoms with Crippen molar-refractivity contribution in [1.29, 1.82) is 0 Å². The summed E-state index contributed by atoms with van der Waals surface area (Å²) in [5.41, 5.74) is 7.68. The minimum atomic E-state index is -0.813. The molecule has 0 aliphatic carbocycles. The van der Waals surface area contributed by atoms with Gasteiger partial charge in [0, 0.05) is 36.8 Å². The van der Waals surface area contributed by atoms with E-state index in [2.05, 4.69) is 9.97 Å². The number of nitrogens with zero attached hydrogens (tertiary/aromatic N) is 2. The maximum absolute atomic E-state index is 13.1. The first-order valence-corrected chi connectivity index (χ1v) is 11.2. The summed E-state index contributed by atoms with van der Waals surface area (Å²) in [6, 6.07) is 5.09. The molecule has 11 nitrogen and oxygen atoms in total.